The monoisotopic (exact) mass is 309 g/mol. The van der Waals surface area contributed by atoms with Crippen LogP contribution in [0.15, 0.2) is 0 Å². The van der Waals surface area contributed by atoms with Gasteiger partial charge in [-0.25, -0.2) is 0 Å². The second kappa shape index (κ2) is 15.5. The van der Waals surface area contributed by atoms with E-state index in [1.165, 1.54) is 45.4 Å². The first-order valence-electron chi connectivity index (χ1n) is 5.23. The summed E-state index contributed by atoms with van der Waals surface area (Å²) in [7, 11) is 0. The standard InChI is InChI=1S/C8H18.C2H4O2.O.Sn/c1-3-5-7-8-6-4-2;1-2(3)4;;/h3-8H2,1-2H3;1H3,(H,3,4);;/q;;;+1/p-1. The van der Waals surface area contributed by atoms with Gasteiger partial charge in [0.2, 0.25) is 0 Å². The van der Waals surface area contributed by atoms with E-state index in [0.29, 0.717) is 0 Å². The van der Waals surface area contributed by atoms with E-state index >= 15 is 0 Å². The van der Waals surface area contributed by atoms with E-state index in [9.17, 15) is 7.87 Å². The summed E-state index contributed by atoms with van der Waals surface area (Å²) in [5, 5.41) is 0. The summed E-state index contributed by atoms with van der Waals surface area (Å²) in [6.07, 6.45) is 8.49. The van der Waals surface area contributed by atoms with E-state index < -0.39 is 27.5 Å². The molecule has 0 aromatic heterocycles. The third-order valence-corrected chi connectivity index (χ3v) is 2.70. The Morgan fingerprint density at radius 1 is 1.07 bits per heavy atom. The number of unbranched alkanes of at least 4 members (excludes halogenated alkanes) is 5. The van der Waals surface area contributed by atoms with Crippen LogP contribution in [0.25, 0.3) is 0 Å². The van der Waals surface area contributed by atoms with E-state index in [1.54, 1.807) is 0 Å². The van der Waals surface area contributed by atoms with Crippen molar-refractivity contribution in [1.29, 1.82) is 0 Å². The Kier molecular flexibility index (Phi) is 18.3. The topological polar surface area (TPSA) is 43.4 Å². The number of hydrogen-bond donors (Lipinski definition) is 0. The van der Waals surface area contributed by atoms with Crippen LogP contribution in [0.2, 0.25) is 0 Å². The van der Waals surface area contributed by atoms with Crippen molar-refractivity contribution in [1.82, 2.24) is 0 Å². The molecule has 0 N–H and O–H groups in total. The van der Waals surface area contributed by atoms with Gasteiger partial charge in [0.15, 0.2) is 0 Å². The molecule has 0 aliphatic heterocycles. The minimum absolute atomic E-state index is 0.448. The average Bonchev–Trinajstić information content (AvgIpc) is 2.13. The van der Waals surface area contributed by atoms with Gasteiger partial charge in [-0.3, -0.25) is 0 Å². The van der Waals surface area contributed by atoms with Crippen molar-refractivity contribution in [3.8, 4) is 0 Å². The normalized spacial score (nSPS) is 8.50. The van der Waals surface area contributed by atoms with Gasteiger partial charge in [-0.05, 0) is 0 Å². The molecular formula is C10H21O3Sn. The molecule has 1 radical (unpaired) electrons. The van der Waals surface area contributed by atoms with Gasteiger partial charge in [-0.2, -0.15) is 0 Å². The number of hydrogen-bond acceptors (Lipinski definition) is 3. The van der Waals surface area contributed by atoms with E-state index in [-0.39, 0.29) is 0 Å². The molecule has 83 valence electrons. The molecule has 0 amide bonds. The Hall–Kier alpha value is 0.0687. The summed E-state index contributed by atoms with van der Waals surface area (Å²) in [6, 6.07) is 0. The van der Waals surface area contributed by atoms with E-state index in [1.807, 2.05) is 0 Å². The number of carbonyl (C=O) groups excluding carboxylic acids is 1. The van der Waals surface area contributed by atoms with Gasteiger partial charge in [-0.15, -0.1) is 0 Å². The molecule has 0 bridgehead atoms. The molecule has 0 spiro atoms. The summed E-state index contributed by atoms with van der Waals surface area (Å²) in [6.45, 7) is 5.75. The van der Waals surface area contributed by atoms with Gasteiger partial charge in [0, 0.05) is 0 Å². The van der Waals surface area contributed by atoms with Crippen LogP contribution < -0.4 is 0 Å². The maximum Gasteiger partial charge on any atom is -0.0533 e. The van der Waals surface area contributed by atoms with Crippen molar-refractivity contribution in [2.45, 2.75) is 59.3 Å². The van der Waals surface area contributed by atoms with Crippen LogP contribution >= 0.6 is 0 Å². The summed E-state index contributed by atoms with van der Waals surface area (Å²) < 4.78 is 13.5. The summed E-state index contributed by atoms with van der Waals surface area (Å²) in [4.78, 5) is 9.66. The molecular weight excluding hydrogens is 287 g/mol. The molecule has 3 nitrogen and oxygen atoms in total. The molecule has 0 rings (SSSR count). The van der Waals surface area contributed by atoms with Crippen LogP contribution in [0.5, 0.6) is 0 Å². The molecule has 0 saturated carbocycles. The molecule has 4 heteroatoms. The predicted molar refractivity (Wildman–Crippen MR) is 57.3 cm³/mol. The zero-order valence-corrected chi connectivity index (χ0v) is 12.3. The third-order valence-electron chi connectivity index (χ3n) is 1.64. The van der Waals surface area contributed by atoms with Crippen LogP contribution in [0, 0.1) is 0 Å². The molecule has 0 aromatic rings. The Bertz CT molecular complexity index is 131. The summed E-state index contributed by atoms with van der Waals surface area (Å²) in [5.41, 5.74) is 0. The molecule has 0 saturated heterocycles. The van der Waals surface area contributed by atoms with Crippen molar-refractivity contribution in [3.05, 3.63) is 0 Å². The first-order valence-corrected chi connectivity index (χ1v) is 7.56. The minimum Gasteiger partial charge on any atom is -0.0654 e. The third kappa shape index (κ3) is 22.7. The molecule has 0 aliphatic rings. The predicted octanol–water partition coefficient (Wildman–Crippen LogP) is 2.88. The second-order valence-electron chi connectivity index (χ2n) is 3.09. The molecule has 0 heterocycles. The molecule has 0 unspecified atom stereocenters. The van der Waals surface area contributed by atoms with Gasteiger partial charge in [0.05, 0.1) is 0 Å². The fourth-order valence-electron chi connectivity index (χ4n) is 0.912. The zero-order chi connectivity index (χ0) is 11.2. The Labute approximate surface area is 97.7 Å². The van der Waals surface area contributed by atoms with Gasteiger partial charge in [0.1, 0.15) is 0 Å². The Balaban J connectivity index is 0. The quantitative estimate of drug-likeness (QED) is 0.560. The summed E-state index contributed by atoms with van der Waals surface area (Å²) >= 11 is -1.95. The van der Waals surface area contributed by atoms with E-state index in [2.05, 4.69) is 16.9 Å². The second-order valence-corrected chi connectivity index (χ2v) is 4.15. The average molecular weight is 308 g/mol. The first kappa shape index (κ1) is 16.5. The van der Waals surface area contributed by atoms with Crippen LogP contribution in [-0.2, 0) is 10.9 Å². The smallest absolute Gasteiger partial charge is 0.0533 e. The van der Waals surface area contributed by atoms with Crippen LogP contribution in [0.1, 0.15) is 59.3 Å². The molecule has 0 aromatic carbocycles. The molecule has 0 atom stereocenters. The fraction of sp³-hybridized carbons (Fsp3) is 0.900. The van der Waals surface area contributed by atoms with Gasteiger partial charge in [0.25, 0.3) is 0 Å². The number of rotatable bonds is 6. The van der Waals surface area contributed by atoms with Gasteiger partial charge < -0.3 is 0 Å². The fourth-order valence-corrected chi connectivity index (χ4v) is 1.25. The zero-order valence-electron chi connectivity index (χ0n) is 9.47. The van der Waals surface area contributed by atoms with Gasteiger partial charge >= 0.3 is 45.4 Å². The van der Waals surface area contributed by atoms with E-state index in [0.717, 1.165) is 0 Å². The van der Waals surface area contributed by atoms with Crippen molar-refractivity contribution in [2.75, 3.05) is 0 Å². The maximum absolute atomic E-state index is 9.66. The molecule has 0 fully saturated rings. The minimum atomic E-state index is -1.95. The maximum atomic E-state index is 9.66. The Morgan fingerprint density at radius 3 is 1.64 bits per heavy atom. The van der Waals surface area contributed by atoms with Gasteiger partial charge in [-0.1, -0.05) is 52.4 Å². The molecule has 0 aliphatic carbocycles. The van der Waals surface area contributed by atoms with E-state index in [4.69, 9.17) is 0 Å². The van der Waals surface area contributed by atoms with Crippen LogP contribution in [0.4, 0.5) is 0 Å². The molecule has 14 heavy (non-hydrogen) atoms. The van der Waals surface area contributed by atoms with Crippen LogP contribution in [-0.4, -0.2) is 27.5 Å². The number of carbonyl (C=O) groups is 1. The SMILES string of the molecule is CC(=O)[O][Sn]=[O].CCCCCCCC. The first-order chi connectivity index (χ1) is 6.68. The van der Waals surface area contributed by atoms with Crippen LogP contribution in [0.3, 0.4) is 0 Å². The van der Waals surface area contributed by atoms with Crippen molar-refractivity contribution in [2.24, 2.45) is 0 Å². The van der Waals surface area contributed by atoms with Crippen molar-refractivity contribution >= 4 is 27.5 Å². The Morgan fingerprint density at radius 2 is 1.50 bits per heavy atom. The van der Waals surface area contributed by atoms with Crippen molar-refractivity contribution < 1.29 is 10.9 Å². The van der Waals surface area contributed by atoms with Crippen molar-refractivity contribution in [3.63, 3.8) is 0 Å². The summed E-state index contributed by atoms with van der Waals surface area (Å²) in [5.74, 6) is -0.448. The largest absolute Gasteiger partial charge is 0.0654 e.